The predicted molar refractivity (Wildman–Crippen MR) is 150 cm³/mol. The highest BCUT2D eigenvalue weighted by molar-refractivity contribution is 5.95. The molecule has 1 aromatic rings. The maximum Gasteiger partial charge on any atom is 0.289 e. The van der Waals surface area contributed by atoms with Gasteiger partial charge in [-0.3, -0.25) is 4.79 Å². The molecule has 1 fully saturated rings. The molecule has 1 aromatic carbocycles. The summed E-state index contributed by atoms with van der Waals surface area (Å²) in [6, 6.07) is 1.56. The van der Waals surface area contributed by atoms with Crippen LogP contribution in [0.4, 0.5) is 13.2 Å². The molecule has 39 heavy (non-hydrogen) atoms. The number of likely N-dealkylation sites (N-methyl/N-ethyl adjacent to an activating group) is 1. The van der Waals surface area contributed by atoms with Gasteiger partial charge in [-0.1, -0.05) is 32.6 Å². The van der Waals surface area contributed by atoms with Gasteiger partial charge >= 0.3 is 0 Å². The summed E-state index contributed by atoms with van der Waals surface area (Å²) in [7, 11) is 3.78. The summed E-state index contributed by atoms with van der Waals surface area (Å²) in [5.41, 5.74) is 1.97. The summed E-state index contributed by atoms with van der Waals surface area (Å²) in [6.07, 6.45) is 4.58. The molecule has 1 aliphatic carbocycles. The molecule has 4 nitrogen and oxygen atoms in total. The zero-order chi connectivity index (χ0) is 29.0. The van der Waals surface area contributed by atoms with E-state index in [9.17, 15) is 13.6 Å². The Hall–Kier alpha value is -3.22. The highest BCUT2D eigenvalue weighted by Gasteiger charge is 2.71. The van der Waals surface area contributed by atoms with Crippen molar-refractivity contribution in [3.05, 3.63) is 82.3 Å². The Morgan fingerprint density at radius 1 is 1.23 bits per heavy atom. The third-order valence-corrected chi connectivity index (χ3v) is 8.72. The lowest BCUT2D eigenvalue weighted by molar-refractivity contribution is -0.134. The van der Waals surface area contributed by atoms with Crippen molar-refractivity contribution in [1.82, 2.24) is 9.80 Å². The maximum atomic E-state index is 15.0. The first kappa shape index (κ1) is 28.8. The van der Waals surface area contributed by atoms with Gasteiger partial charge in [-0.15, -0.1) is 6.58 Å². The summed E-state index contributed by atoms with van der Waals surface area (Å²) < 4.78 is 50.9. The van der Waals surface area contributed by atoms with Gasteiger partial charge in [0.15, 0.2) is 5.76 Å². The summed E-state index contributed by atoms with van der Waals surface area (Å²) in [5, 5.41) is 0. The van der Waals surface area contributed by atoms with Crippen molar-refractivity contribution in [2.45, 2.75) is 65.3 Å². The Morgan fingerprint density at radius 2 is 1.85 bits per heavy atom. The van der Waals surface area contributed by atoms with Crippen molar-refractivity contribution < 1.29 is 22.7 Å². The van der Waals surface area contributed by atoms with Crippen molar-refractivity contribution in [1.29, 1.82) is 0 Å². The number of benzene rings is 1. The minimum atomic E-state index is -1.35. The minimum absolute atomic E-state index is 0.0548. The molecule has 1 amide bonds. The Bertz CT molecular complexity index is 1320. The van der Waals surface area contributed by atoms with E-state index in [-0.39, 0.29) is 22.8 Å². The van der Waals surface area contributed by atoms with Gasteiger partial charge in [0.1, 0.15) is 23.4 Å². The third-order valence-electron chi connectivity index (χ3n) is 8.72. The van der Waals surface area contributed by atoms with Gasteiger partial charge in [0, 0.05) is 54.4 Å². The maximum absolute atomic E-state index is 15.0. The van der Waals surface area contributed by atoms with Gasteiger partial charge < -0.3 is 14.5 Å². The third kappa shape index (κ3) is 4.53. The van der Waals surface area contributed by atoms with Crippen molar-refractivity contribution in [2.24, 2.45) is 11.3 Å². The van der Waals surface area contributed by atoms with Crippen LogP contribution in [0.5, 0.6) is 0 Å². The number of fused-ring (bicyclic) bond motifs is 1. The summed E-state index contributed by atoms with van der Waals surface area (Å²) in [6.45, 7) is 17.2. The van der Waals surface area contributed by atoms with Gasteiger partial charge in [-0.25, -0.2) is 13.2 Å². The second-order valence-corrected chi connectivity index (χ2v) is 11.7. The van der Waals surface area contributed by atoms with E-state index in [0.29, 0.717) is 30.5 Å². The average molecular weight is 541 g/mol. The molecule has 2 aliphatic heterocycles. The molecule has 7 heteroatoms. The standard InChI is InChI=1S/C32H39F3N2O2/c1-10-21-22(25(35)13-12-24(21)34)16-19(4)28-27(36(8)9)18(3)14-15-37(28)30(38)29-26(20(5)33)23-17-32(23,39-29)31(6,7)11-2/h10-13,16,20,23,28H,1-2,14-15,17H2,3-9H3/b19-16+/t20?,23?,28-,32?/m0/s1. The van der Waals surface area contributed by atoms with Crippen molar-refractivity contribution >= 4 is 18.1 Å². The first-order valence-corrected chi connectivity index (χ1v) is 13.4. The molecule has 3 unspecified atom stereocenters. The highest BCUT2D eigenvalue weighted by atomic mass is 19.1. The molecule has 0 spiro atoms. The second-order valence-electron chi connectivity index (χ2n) is 11.7. The lowest BCUT2D eigenvalue weighted by Crippen LogP contribution is -2.49. The molecule has 0 bridgehead atoms. The van der Waals surface area contributed by atoms with E-state index in [4.69, 9.17) is 4.74 Å². The van der Waals surface area contributed by atoms with Crippen LogP contribution in [0.1, 0.15) is 58.6 Å². The van der Waals surface area contributed by atoms with Crippen LogP contribution >= 0.6 is 0 Å². The van der Waals surface area contributed by atoms with Crippen LogP contribution in [0.15, 0.2) is 59.5 Å². The van der Waals surface area contributed by atoms with Gasteiger partial charge in [-0.2, -0.15) is 0 Å². The number of hydrogen-bond acceptors (Lipinski definition) is 3. The Labute approximate surface area is 230 Å². The zero-order valence-corrected chi connectivity index (χ0v) is 24.0. The SMILES string of the molecule is C=Cc1c(F)ccc(F)c1/C=C(\C)[C@H]1C(N(C)C)=C(C)CCN1C(=O)C1=C(C(C)F)C2CC2(C(C)(C)C=C)O1. The molecule has 0 radical (unpaired) electrons. The van der Waals surface area contributed by atoms with Crippen LogP contribution in [-0.2, 0) is 9.53 Å². The van der Waals surface area contributed by atoms with Crippen LogP contribution in [0.25, 0.3) is 12.2 Å². The first-order valence-electron chi connectivity index (χ1n) is 13.4. The zero-order valence-electron chi connectivity index (χ0n) is 24.0. The van der Waals surface area contributed by atoms with Crippen LogP contribution in [0, 0.1) is 23.0 Å². The number of carbonyl (C=O) groups excluding carboxylic acids is 1. The Kier molecular flexibility index (Phi) is 7.43. The molecule has 4 atom stereocenters. The molecule has 1 saturated carbocycles. The van der Waals surface area contributed by atoms with Crippen LogP contribution in [0.3, 0.4) is 0 Å². The fraction of sp³-hybridized carbons (Fsp3) is 0.469. The smallest absolute Gasteiger partial charge is 0.289 e. The molecule has 210 valence electrons. The van der Waals surface area contributed by atoms with Gasteiger partial charge in [0.05, 0.1) is 6.04 Å². The number of halogens is 3. The number of amides is 1. The molecule has 0 saturated heterocycles. The topological polar surface area (TPSA) is 32.8 Å². The highest BCUT2D eigenvalue weighted by Crippen LogP contribution is 2.67. The number of carbonyl (C=O) groups is 1. The van der Waals surface area contributed by atoms with E-state index in [0.717, 1.165) is 23.4 Å². The number of ether oxygens (including phenoxy) is 1. The fourth-order valence-corrected chi connectivity index (χ4v) is 6.37. The Balaban J connectivity index is 1.83. The molecular formula is C32H39F3N2O2. The quantitative estimate of drug-likeness (QED) is 0.331. The molecule has 2 heterocycles. The van der Waals surface area contributed by atoms with E-state index in [1.807, 2.05) is 39.8 Å². The van der Waals surface area contributed by atoms with E-state index >= 15 is 4.39 Å². The largest absolute Gasteiger partial charge is 0.480 e. The van der Waals surface area contributed by atoms with Gasteiger partial charge in [-0.05, 0) is 63.0 Å². The van der Waals surface area contributed by atoms with E-state index in [1.54, 1.807) is 24.0 Å². The number of hydrogen-bond donors (Lipinski definition) is 0. The lowest BCUT2D eigenvalue weighted by atomic mass is 9.82. The normalized spacial score (nSPS) is 25.8. The van der Waals surface area contributed by atoms with Crippen LogP contribution in [-0.4, -0.2) is 54.2 Å². The number of rotatable bonds is 8. The number of nitrogens with zero attached hydrogens (tertiary/aromatic N) is 2. The minimum Gasteiger partial charge on any atom is -0.480 e. The summed E-state index contributed by atoms with van der Waals surface area (Å²) in [4.78, 5) is 17.9. The van der Waals surface area contributed by atoms with E-state index < -0.39 is 40.8 Å². The van der Waals surface area contributed by atoms with Crippen molar-refractivity contribution in [3.63, 3.8) is 0 Å². The van der Waals surface area contributed by atoms with E-state index in [1.165, 1.54) is 13.0 Å². The van der Waals surface area contributed by atoms with Gasteiger partial charge in [0.2, 0.25) is 0 Å². The first-order chi connectivity index (χ1) is 18.2. The van der Waals surface area contributed by atoms with E-state index in [2.05, 4.69) is 13.2 Å². The molecule has 0 aromatic heterocycles. The average Bonchev–Trinajstić information content (AvgIpc) is 3.50. The van der Waals surface area contributed by atoms with Crippen molar-refractivity contribution in [3.8, 4) is 0 Å². The monoisotopic (exact) mass is 540 g/mol. The summed E-state index contributed by atoms with van der Waals surface area (Å²) >= 11 is 0. The fourth-order valence-electron chi connectivity index (χ4n) is 6.37. The molecule has 4 rings (SSSR count). The molecule has 0 N–H and O–H groups in total. The molecular weight excluding hydrogens is 501 g/mol. The Morgan fingerprint density at radius 3 is 2.38 bits per heavy atom. The van der Waals surface area contributed by atoms with Gasteiger partial charge in [0.25, 0.3) is 5.91 Å². The lowest BCUT2D eigenvalue weighted by Gasteiger charge is -2.42. The van der Waals surface area contributed by atoms with Crippen LogP contribution < -0.4 is 0 Å². The summed E-state index contributed by atoms with van der Waals surface area (Å²) in [5.74, 6) is -1.69. The van der Waals surface area contributed by atoms with Crippen molar-refractivity contribution in [2.75, 3.05) is 20.6 Å². The second kappa shape index (κ2) is 10.1. The van der Waals surface area contributed by atoms with Crippen LogP contribution in [0.2, 0.25) is 0 Å². The molecule has 3 aliphatic rings. The predicted octanol–water partition coefficient (Wildman–Crippen LogP) is 7.06. The number of alkyl halides is 1.